The first kappa shape index (κ1) is 19.6. The Bertz CT molecular complexity index is 859. The smallest absolute Gasteiger partial charge is 0.0910 e. The van der Waals surface area contributed by atoms with E-state index in [0.717, 1.165) is 13.0 Å². The van der Waals surface area contributed by atoms with Gasteiger partial charge in [-0.3, -0.25) is 0 Å². The SMILES string of the molecule is [N-]=[N+]=NCC1CC(SC(c2ccccc2)(c2ccccc2)c2ccccc2)CN1. The van der Waals surface area contributed by atoms with E-state index in [0.29, 0.717) is 11.8 Å². The lowest BCUT2D eigenvalue weighted by atomic mass is 9.84. The van der Waals surface area contributed by atoms with Gasteiger partial charge >= 0.3 is 0 Å². The molecule has 2 unspecified atom stereocenters. The van der Waals surface area contributed by atoms with Crippen LogP contribution in [0.25, 0.3) is 10.4 Å². The predicted molar refractivity (Wildman–Crippen MR) is 121 cm³/mol. The molecule has 1 aliphatic heterocycles. The average Bonchev–Trinajstić information content (AvgIpc) is 3.25. The number of thioether (sulfide) groups is 1. The van der Waals surface area contributed by atoms with Gasteiger partial charge in [0.25, 0.3) is 0 Å². The number of nitrogens with zero attached hydrogens (tertiary/aromatic N) is 3. The van der Waals surface area contributed by atoms with Gasteiger partial charge in [-0.05, 0) is 28.6 Å². The van der Waals surface area contributed by atoms with Crippen LogP contribution >= 0.6 is 11.8 Å². The zero-order valence-corrected chi connectivity index (χ0v) is 17.0. The second-order valence-electron chi connectivity index (χ2n) is 7.27. The number of rotatable bonds is 7. The summed E-state index contributed by atoms with van der Waals surface area (Å²) in [4.78, 5) is 2.92. The van der Waals surface area contributed by atoms with E-state index in [1.807, 2.05) is 11.8 Å². The van der Waals surface area contributed by atoms with Crippen molar-refractivity contribution in [2.75, 3.05) is 13.1 Å². The third-order valence-corrected chi connectivity index (χ3v) is 7.18. The van der Waals surface area contributed by atoms with Crippen molar-refractivity contribution in [3.05, 3.63) is 118 Å². The first-order valence-electron chi connectivity index (χ1n) is 9.91. The van der Waals surface area contributed by atoms with Gasteiger partial charge in [0.15, 0.2) is 0 Å². The van der Waals surface area contributed by atoms with Crippen LogP contribution in [-0.4, -0.2) is 24.4 Å². The molecule has 2 atom stereocenters. The van der Waals surface area contributed by atoms with Crippen LogP contribution in [0.3, 0.4) is 0 Å². The predicted octanol–water partition coefficient (Wildman–Crippen LogP) is 5.75. The van der Waals surface area contributed by atoms with Crippen molar-refractivity contribution in [3.8, 4) is 0 Å². The second-order valence-corrected chi connectivity index (χ2v) is 8.79. The van der Waals surface area contributed by atoms with Gasteiger partial charge in [0, 0.05) is 29.3 Å². The Morgan fingerprint density at radius 3 is 1.79 bits per heavy atom. The normalized spacial score (nSPS) is 18.9. The molecule has 1 N–H and O–H groups in total. The van der Waals surface area contributed by atoms with Gasteiger partial charge < -0.3 is 5.32 Å². The van der Waals surface area contributed by atoms with Crippen LogP contribution < -0.4 is 5.32 Å². The minimum Gasteiger partial charge on any atom is -0.313 e. The molecule has 146 valence electrons. The van der Waals surface area contributed by atoms with Crippen LogP contribution in [-0.2, 0) is 4.75 Å². The lowest BCUT2D eigenvalue weighted by molar-refractivity contribution is 0.615. The number of azide groups is 1. The lowest BCUT2D eigenvalue weighted by Gasteiger charge is -2.37. The van der Waals surface area contributed by atoms with Gasteiger partial charge in [0.1, 0.15) is 0 Å². The van der Waals surface area contributed by atoms with E-state index < -0.39 is 0 Å². The highest BCUT2D eigenvalue weighted by molar-refractivity contribution is 8.01. The van der Waals surface area contributed by atoms with Crippen molar-refractivity contribution in [2.24, 2.45) is 5.11 Å². The zero-order chi connectivity index (χ0) is 19.9. The van der Waals surface area contributed by atoms with Gasteiger partial charge in [-0.25, -0.2) is 0 Å². The largest absolute Gasteiger partial charge is 0.313 e. The maximum absolute atomic E-state index is 8.65. The molecule has 3 aromatic carbocycles. The van der Waals surface area contributed by atoms with Gasteiger partial charge in [0.05, 0.1) is 4.75 Å². The van der Waals surface area contributed by atoms with E-state index in [2.05, 4.69) is 106 Å². The van der Waals surface area contributed by atoms with Crippen molar-refractivity contribution < 1.29 is 0 Å². The van der Waals surface area contributed by atoms with Crippen molar-refractivity contribution in [1.82, 2.24) is 5.32 Å². The molecule has 0 aliphatic carbocycles. The maximum Gasteiger partial charge on any atom is 0.0910 e. The standard InChI is InChI=1S/C24H24N4S/c25-28-27-17-22-16-23(18-26-22)29-24(19-10-4-1-5-11-19,20-12-6-2-7-13-20)21-14-8-3-9-15-21/h1-15,22-23,26H,16-18H2. The van der Waals surface area contributed by atoms with E-state index in [9.17, 15) is 0 Å². The molecule has 3 aromatic rings. The zero-order valence-electron chi connectivity index (χ0n) is 16.2. The molecule has 0 saturated carbocycles. The van der Waals surface area contributed by atoms with Crippen molar-refractivity contribution in [1.29, 1.82) is 0 Å². The van der Waals surface area contributed by atoms with Gasteiger partial charge in [0.2, 0.25) is 0 Å². The molecule has 0 amide bonds. The molecule has 4 nitrogen and oxygen atoms in total. The highest BCUT2D eigenvalue weighted by Gasteiger charge is 2.41. The molecule has 0 bridgehead atoms. The summed E-state index contributed by atoms with van der Waals surface area (Å²) >= 11 is 2.00. The number of hydrogen-bond acceptors (Lipinski definition) is 3. The third kappa shape index (κ3) is 4.18. The highest BCUT2D eigenvalue weighted by Crippen LogP contribution is 2.51. The highest BCUT2D eigenvalue weighted by atomic mass is 32.2. The average molecular weight is 401 g/mol. The molecule has 1 aliphatic rings. The van der Waals surface area contributed by atoms with E-state index >= 15 is 0 Å². The Hall–Kier alpha value is -2.72. The molecule has 0 radical (unpaired) electrons. The molecule has 0 aromatic heterocycles. The molecule has 4 rings (SSSR count). The van der Waals surface area contributed by atoms with Crippen LogP contribution in [0.15, 0.2) is 96.1 Å². The Balaban J connectivity index is 1.79. The van der Waals surface area contributed by atoms with E-state index in [1.165, 1.54) is 16.7 Å². The number of nitrogens with one attached hydrogen (secondary N) is 1. The topological polar surface area (TPSA) is 60.8 Å². The summed E-state index contributed by atoms with van der Waals surface area (Å²) in [6, 6.07) is 32.5. The first-order chi connectivity index (χ1) is 14.3. The van der Waals surface area contributed by atoms with Crippen LogP contribution in [0, 0.1) is 0 Å². The summed E-state index contributed by atoms with van der Waals surface area (Å²) < 4.78 is -0.302. The summed E-state index contributed by atoms with van der Waals surface area (Å²) in [6.45, 7) is 1.41. The Morgan fingerprint density at radius 2 is 1.34 bits per heavy atom. The van der Waals surface area contributed by atoms with Crippen LogP contribution in [0.5, 0.6) is 0 Å². The molecule has 29 heavy (non-hydrogen) atoms. The molecule has 1 heterocycles. The first-order valence-corrected chi connectivity index (χ1v) is 10.8. The summed E-state index contributed by atoms with van der Waals surface area (Å²) in [5.41, 5.74) is 12.5. The Kier molecular flexibility index (Phi) is 6.20. The van der Waals surface area contributed by atoms with Crippen LogP contribution in [0.1, 0.15) is 23.1 Å². The van der Waals surface area contributed by atoms with Gasteiger partial charge in [-0.15, -0.1) is 11.8 Å². The fourth-order valence-corrected chi connectivity index (χ4v) is 5.94. The molecular formula is C24H24N4S. The molecule has 5 heteroatoms. The molecule has 1 fully saturated rings. The third-order valence-electron chi connectivity index (χ3n) is 5.43. The Morgan fingerprint density at radius 1 is 0.862 bits per heavy atom. The van der Waals surface area contributed by atoms with Gasteiger partial charge in [-0.1, -0.05) is 96.1 Å². The second kappa shape index (κ2) is 9.19. The Labute approximate surface area is 176 Å². The van der Waals surface area contributed by atoms with Crippen molar-refractivity contribution in [2.45, 2.75) is 22.5 Å². The summed E-state index contributed by atoms with van der Waals surface area (Å²) in [7, 11) is 0. The van der Waals surface area contributed by atoms with Crippen molar-refractivity contribution in [3.63, 3.8) is 0 Å². The fraction of sp³-hybridized carbons (Fsp3) is 0.250. The van der Waals surface area contributed by atoms with Gasteiger partial charge in [-0.2, -0.15) is 0 Å². The molecule has 1 saturated heterocycles. The minimum atomic E-state index is -0.302. The minimum absolute atomic E-state index is 0.239. The maximum atomic E-state index is 8.65. The van der Waals surface area contributed by atoms with Crippen LogP contribution in [0.4, 0.5) is 0 Å². The summed E-state index contributed by atoms with van der Waals surface area (Å²) in [5.74, 6) is 0. The molecule has 0 spiro atoms. The van der Waals surface area contributed by atoms with E-state index in [1.54, 1.807) is 0 Å². The van der Waals surface area contributed by atoms with E-state index in [-0.39, 0.29) is 10.8 Å². The number of hydrogen-bond donors (Lipinski definition) is 1. The van der Waals surface area contributed by atoms with Crippen molar-refractivity contribution >= 4 is 11.8 Å². The van der Waals surface area contributed by atoms with E-state index in [4.69, 9.17) is 5.53 Å². The fourth-order valence-electron chi connectivity index (χ4n) is 4.12. The quantitative estimate of drug-likeness (QED) is 0.237. The summed E-state index contributed by atoms with van der Waals surface area (Å²) in [6.07, 6.45) is 0.984. The monoisotopic (exact) mass is 400 g/mol. The molecular weight excluding hydrogens is 376 g/mol. The lowest BCUT2D eigenvalue weighted by Crippen LogP contribution is -2.29. The van der Waals surface area contributed by atoms with Crippen LogP contribution in [0.2, 0.25) is 0 Å². The summed E-state index contributed by atoms with van der Waals surface area (Å²) in [5, 5.41) is 7.71. The number of benzene rings is 3.